The van der Waals surface area contributed by atoms with Crippen molar-refractivity contribution in [3.8, 4) is 0 Å². The molecule has 2 rings (SSSR count). The van der Waals surface area contributed by atoms with Crippen LogP contribution in [0.1, 0.15) is 31.6 Å². The summed E-state index contributed by atoms with van der Waals surface area (Å²) < 4.78 is 5.53. The number of amides is 1. The van der Waals surface area contributed by atoms with Crippen molar-refractivity contribution in [3.63, 3.8) is 0 Å². The maximum Gasteiger partial charge on any atom is 0.221 e. The molecule has 1 aliphatic rings. The minimum Gasteiger partial charge on any atom is -0.378 e. The number of hydrogen-bond acceptors (Lipinski definition) is 4. The standard InChI is InChI=1S/C13H20N2O2S/c1-3-17-11-6-10(7-11)14-8-13-12(4-5-18-13)15-9(2)16/h4-5,10-11,14H,3,6-8H2,1-2H3,(H,15,16). The molecule has 5 heteroatoms. The molecule has 1 fully saturated rings. The predicted octanol–water partition coefficient (Wildman–Crippen LogP) is 2.36. The Morgan fingerprint density at radius 1 is 1.56 bits per heavy atom. The van der Waals surface area contributed by atoms with Gasteiger partial charge in [-0.3, -0.25) is 4.79 Å². The highest BCUT2D eigenvalue weighted by molar-refractivity contribution is 7.10. The summed E-state index contributed by atoms with van der Waals surface area (Å²) >= 11 is 1.67. The van der Waals surface area contributed by atoms with Gasteiger partial charge in [-0.25, -0.2) is 0 Å². The predicted molar refractivity (Wildman–Crippen MR) is 73.9 cm³/mol. The Kier molecular flexibility index (Phi) is 4.74. The average molecular weight is 268 g/mol. The van der Waals surface area contributed by atoms with Crippen LogP contribution in [-0.4, -0.2) is 24.7 Å². The summed E-state index contributed by atoms with van der Waals surface area (Å²) in [5.41, 5.74) is 0.931. The highest BCUT2D eigenvalue weighted by atomic mass is 32.1. The lowest BCUT2D eigenvalue weighted by Gasteiger charge is -2.35. The van der Waals surface area contributed by atoms with Crippen LogP contribution < -0.4 is 10.6 Å². The van der Waals surface area contributed by atoms with Crippen molar-refractivity contribution in [1.29, 1.82) is 0 Å². The Labute approximate surface area is 112 Å². The largest absolute Gasteiger partial charge is 0.378 e. The lowest BCUT2D eigenvalue weighted by Crippen LogP contribution is -2.45. The second-order valence-electron chi connectivity index (χ2n) is 4.57. The number of carbonyl (C=O) groups excluding carboxylic acids is 1. The van der Waals surface area contributed by atoms with Crippen LogP contribution in [0.3, 0.4) is 0 Å². The van der Waals surface area contributed by atoms with Gasteiger partial charge in [0.05, 0.1) is 11.8 Å². The fourth-order valence-electron chi connectivity index (χ4n) is 2.12. The SMILES string of the molecule is CCOC1CC(NCc2sccc2NC(C)=O)C1. The fourth-order valence-corrected chi connectivity index (χ4v) is 2.90. The van der Waals surface area contributed by atoms with E-state index in [1.165, 1.54) is 11.8 Å². The summed E-state index contributed by atoms with van der Waals surface area (Å²) in [6.45, 7) is 5.19. The second-order valence-corrected chi connectivity index (χ2v) is 5.57. The van der Waals surface area contributed by atoms with Crippen molar-refractivity contribution in [1.82, 2.24) is 5.32 Å². The van der Waals surface area contributed by atoms with Gasteiger partial charge in [-0.05, 0) is 31.2 Å². The first-order valence-corrected chi connectivity index (χ1v) is 7.26. The topological polar surface area (TPSA) is 50.4 Å². The highest BCUT2D eigenvalue weighted by Crippen LogP contribution is 2.26. The Hall–Kier alpha value is -0.910. The summed E-state index contributed by atoms with van der Waals surface area (Å²) in [7, 11) is 0. The van der Waals surface area contributed by atoms with Crippen molar-refractivity contribution < 1.29 is 9.53 Å². The molecule has 1 heterocycles. The van der Waals surface area contributed by atoms with Gasteiger partial charge in [-0.2, -0.15) is 0 Å². The highest BCUT2D eigenvalue weighted by Gasteiger charge is 2.29. The van der Waals surface area contributed by atoms with Gasteiger partial charge in [0.2, 0.25) is 5.91 Å². The fraction of sp³-hybridized carbons (Fsp3) is 0.615. The zero-order valence-corrected chi connectivity index (χ0v) is 11.7. The van der Waals surface area contributed by atoms with E-state index < -0.39 is 0 Å². The molecule has 0 atom stereocenters. The van der Waals surface area contributed by atoms with Crippen LogP contribution in [0.5, 0.6) is 0 Å². The molecule has 1 saturated carbocycles. The van der Waals surface area contributed by atoms with Gasteiger partial charge in [0.25, 0.3) is 0 Å². The molecule has 1 amide bonds. The lowest BCUT2D eigenvalue weighted by molar-refractivity contribution is -0.114. The Bertz CT molecular complexity index is 399. The quantitative estimate of drug-likeness (QED) is 0.832. The van der Waals surface area contributed by atoms with Gasteiger partial charge in [-0.1, -0.05) is 0 Å². The van der Waals surface area contributed by atoms with Gasteiger partial charge in [0.15, 0.2) is 0 Å². The summed E-state index contributed by atoms with van der Waals surface area (Å²) in [6.07, 6.45) is 2.62. The van der Waals surface area contributed by atoms with Crippen LogP contribution >= 0.6 is 11.3 Å². The molecule has 0 spiro atoms. The first-order chi connectivity index (χ1) is 8.69. The van der Waals surface area contributed by atoms with E-state index in [4.69, 9.17) is 4.74 Å². The second kappa shape index (κ2) is 6.31. The first-order valence-electron chi connectivity index (χ1n) is 6.38. The summed E-state index contributed by atoms with van der Waals surface area (Å²) in [5, 5.41) is 8.36. The molecule has 2 N–H and O–H groups in total. The number of nitrogens with one attached hydrogen (secondary N) is 2. The molecule has 4 nitrogen and oxygen atoms in total. The smallest absolute Gasteiger partial charge is 0.221 e. The maximum absolute atomic E-state index is 11.0. The molecular formula is C13H20N2O2S. The molecule has 0 bridgehead atoms. The maximum atomic E-state index is 11.0. The molecule has 18 heavy (non-hydrogen) atoms. The van der Waals surface area contributed by atoms with Crippen molar-refractivity contribution in [2.45, 2.75) is 45.4 Å². The van der Waals surface area contributed by atoms with E-state index in [9.17, 15) is 4.79 Å². The van der Waals surface area contributed by atoms with Crippen molar-refractivity contribution >= 4 is 22.9 Å². The van der Waals surface area contributed by atoms with Crippen molar-refractivity contribution in [3.05, 3.63) is 16.3 Å². The van der Waals surface area contributed by atoms with E-state index >= 15 is 0 Å². The van der Waals surface area contributed by atoms with E-state index in [2.05, 4.69) is 10.6 Å². The molecular weight excluding hydrogens is 248 g/mol. The average Bonchev–Trinajstić information content (AvgIpc) is 2.68. The normalized spacial score (nSPS) is 22.6. The Morgan fingerprint density at radius 2 is 2.33 bits per heavy atom. The molecule has 0 aliphatic heterocycles. The molecule has 0 saturated heterocycles. The van der Waals surface area contributed by atoms with E-state index in [1.807, 2.05) is 18.4 Å². The van der Waals surface area contributed by atoms with Gasteiger partial charge in [0, 0.05) is 31.0 Å². The molecule has 1 aliphatic carbocycles. The van der Waals surface area contributed by atoms with Gasteiger partial charge in [0.1, 0.15) is 0 Å². The molecule has 0 aromatic carbocycles. The molecule has 0 unspecified atom stereocenters. The van der Waals surface area contributed by atoms with Crippen LogP contribution in [0.2, 0.25) is 0 Å². The Morgan fingerprint density at radius 3 is 3.00 bits per heavy atom. The van der Waals surface area contributed by atoms with E-state index in [1.54, 1.807) is 11.3 Å². The molecule has 0 radical (unpaired) electrons. The summed E-state index contributed by atoms with van der Waals surface area (Å²) in [4.78, 5) is 12.2. The minimum atomic E-state index is -0.0188. The van der Waals surface area contributed by atoms with E-state index in [-0.39, 0.29) is 5.91 Å². The number of carbonyl (C=O) groups is 1. The number of rotatable bonds is 6. The third kappa shape index (κ3) is 3.54. The minimum absolute atomic E-state index is 0.0188. The first kappa shape index (κ1) is 13.5. The van der Waals surface area contributed by atoms with Crippen molar-refractivity contribution in [2.75, 3.05) is 11.9 Å². The van der Waals surface area contributed by atoms with Crippen molar-refractivity contribution in [2.24, 2.45) is 0 Å². The summed E-state index contributed by atoms with van der Waals surface area (Å²) in [5.74, 6) is -0.0188. The van der Waals surface area contributed by atoms with E-state index in [0.29, 0.717) is 12.1 Å². The number of anilines is 1. The Balaban J connectivity index is 1.74. The lowest BCUT2D eigenvalue weighted by atomic mass is 9.89. The van der Waals surface area contributed by atoms with Crippen LogP contribution in [-0.2, 0) is 16.1 Å². The number of ether oxygens (including phenoxy) is 1. The van der Waals surface area contributed by atoms with Gasteiger partial charge in [-0.15, -0.1) is 11.3 Å². The van der Waals surface area contributed by atoms with Crippen LogP contribution in [0.4, 0.5) is 5.69 Å². The third-order valence-electron chi connectivity index (χ3n) is 3.10. The zero-order chi connectivity index (χ0) is 13.0. The van der Waals surface area contributed by atoms with Gasteiger partial charge < -0.3 is 15.4 Å². The summed E-state index contributed by atoms with van der Waals surface area (Å²) in [6, 6.07) is 2.50. The van der Waals surface area contributed by atoms with E-state index in [0.717, 1.165) is 31.7 Å². The molecule has 1 aromatic heterocycles. The van der Waals surface area contributed by atoms with Crippen LogP contribution in [0.15, 0.2) is 11.4 Å². The zero-order valence-electron chi connectivity index (χ0n) is 10.9. The van der Waals surface area contributed by atoms with Gasteiger partial charge >= 0.3 is 0 Å². The molecule has 1 aromatic rings. The van der Waals surface area contributed by atoms with Crippen LogP contribution in [0.25, 0.3) is 0 Å². The third-order valence-corrected chi connectivity index (χ3v) is 4.03. The molecule has 100 valence electrons. The number of thiophene rings is 1. The monoisotopic (exact) mass is 268 g/mol. The number of hydrogen-bond donors (Lipinski definition) is 2. The van der Waals surface area contributed by atoms with Crippen LogP contribution in [0, 0.1) is 0 Å².